The van der Waals surface area contributed by atoms with E-state index in [0.717, 1.165) is 4.47 Å². The van der Waals surface area contributed by atoms with E-state index in [-0.39, 0.29) is 24.2 Å². The van der Waals surface area contributed by atoms with E-state index in [9.17, 15) is 9.59 Å². The second-order valence-electron chi connectivity index (χ2n) is 5.50. The molecule has 2 aromatic rings. The summed E-state index contributed by atoms with van der Waals surface area (Å²) in [6.45, 7) is 3.61. The number of oxazole rings is 1. The molecule has 0 radical (unpaired) electrons. The van der Waals surface area contributed by atoms with Gasteiger partial charge in [0.15, 0.2) is 5.69 Å². The number of benzene rings is 1. The van der Waals surface area contributed by atoms with Crippen molar-refractivity contribution in [3.8, 4) is 0 Å². The molecule has 1 heterocycles. The fraction of sp³-hybridized carbons (Fsp3) is 0.389. The summed E-state index contributed by atoms with van der Waals surface area (Å²) in [4.78, 5) is 29.8. The molecule has 0 unspecified atom stereocenters. The summed E-state index contributed by atoms with van der Waals surface area (Å²) in [6.07, 6.45) is 1.87. The lowest BCUT2D eigenvalue weighted by Gasteiger charge is -2.22. The van der Waals surface area contributed by atoms with Crippen molar-refractivity contribution >= 4 is 33.6 Å². The van der Waals surface area contributed by atoms with E-state index in [0.29, 0.717) is 31.9 Å². The van der Waals surface area contributed by atoms with E-state index < -0.39 is 5.97 Å². The molecule has 0 spiro atoms. The Labute approximate surface area is 166 Å². The number of aromatic nitrogens is 1. The summed E-state index contributed by atoms with van der Waals surface area (Å²) < 4.78 is 16.0. The fourth-order valence-electron chi connectivity index (χ4n) is 2.26. The van der Waals surface area contributed by atoms with Crippen LogP contribution in [-0.4, -0.2) is 48.8 Å². The Hall–Kier alpha value is -2.39. The van der Waals surface area contributed by atoms with Gasteiger partial charge in [-0.25, -0.2) is 14.6 Å². The smallest absolute Gasteiger partial charge is 0.360 e. The van der Waals surface area contributed by atoms with Crippen LogP contribution in [0.3, 0.4) is 0 Å². The van der Waals surface area contributed by atoms with Gasteiger partial charge in [0.05, 0.1) is 19.3 Å². The number of urea groups is 1. The van der Waals surface area contributed by atoms with E-state index >= 15 is 0 Å². The van der Waals surface area contributed by atoms with Crippen LogP contribution in [-0.2, 0) is 16.0 Å². The molecule has 0 saturated carbocycles. The Bertz CT molecular complexity index is 765. The molecular weight excluding hydrogens is 418 g/mol. The highest BCUT2D eigenvalue weighted by Crippen LogP contribution is 2.22. The number of para-hydroxylation sites is 1. The van der Waals surface area contributed by atoms with Crippen molar-refractivity contribution in [2.45, 2.75) is 19.9 Å². The van der Waals surface area contributed by atoms with Crippen molar-refractivity contribution in [1.29, 1.82) is 0 Å². The molecule has 0 aliphatic rings. The first kappa shape index (κ1) is 20.9. The molecule has 2 amide bonds. The standard InChI is InChI=1S/C18H22BrN3O5/c1-3-26-10-6-9-22(11-16-20-15(12-27-16)17(23)25-2)18(24)21-14-8-5-4-7-13(14)19/h4-5,7-8,12H,3,6,9-11H2,1-2H3,(H,21,24). The number of hydrogen-bond donors (Lipinski definition) is 1. The minimum Gasteiger partial charge on any atom is -0.464 e. The minimum atomic E-state index is -0.592. The predicted molar refractivity (Wildman–Crippen MR) is 103 cm³/mol. The zero-order valence-electron chi connectivity index (χ0n) is 15.2. The maximum Gasteiger partial charge on any atom is 0.360 e. The summed E-state index contributed by atoms with van der Waals surface area (Å²) in [5.41, 5.74) is 0.716. The van der Waals surface area contributed by atoms with Gasteiger partial charge in [-0.3, -0.25) is 0 Å². The van der Waals surface area contributed by atoms with Crippen LogP contribution in [0.4, 0.5) is 10.5 Å². The van der Waals surface area contributed by atoms with Crippen LogP contribution < -0.4 is 5.32 Å². The second-order valence-corrected chi connectivity index (χ2v) is 6.35. The van der Waals surface area contributed by atoms with Crippen molar-refractivity contribution in [1.82, 2.24) is 9.88 Å². The third kappa shape index (κ3) is 6.37. The van der Waals surface area contributed by atoms with Gasteiger partial charge in [-0.1, -0.05) is 12.1 Å². The van der Waals surface area contributed by atoms with E-state index in [2.05, 4.69) is 31.0 Å². The van der Waals surface area contributed by atoms with Gasteiger partial charge < -0.3 is 24.1 Å². The molecule has 0 atom stereocenters. The van der Waals surface area contributed by atoms with E-state index in [1.807, 2.05) is 25.1 Å². The molecule has 2 rings (SSSR count). The molecule has 27 heavy (non-hydrogen) atoms. The average Bonchev–Trinajstić information content (AvgIpc) is 3.14. The van der Waals surface area contributed by atoms with Crippen LogP contribution >= 0.6 is 15.9 Å². The van der Waals surface area contributed by atoms with Gasteiger partial charge in [0.2, 0.25) is 5.89 Å². The quantitative estimate of drug-likeness (QED) is 0.472. The lowest BCUT2D eigenvalue weighted by Crippen LogP contribution is -2.36. The first-order valence-electron chi connectivity index (χ1n) is 8.46. The molecule has 146 valence electrons. The van der Waals surface area contributed by atoms with Crippen molar-refractivity contribution in [2.24, 2.45) is 0 Å². The van der Waals surface area contributed by atoms with Gasteiger partial charge in [-0.05, 0) is 41.4 Å². The number of carbonyl (C=O) groups excluding carboxylic acids is 2. The van der Waals surface area contributed by atoms with Gasteiger partial charge in [0.25, 0.3) is 0 Å². The number of esters is 1. The Balaban J connectivity index is 2.07. The number of halogens is 1. The average molecular weight is 440 g/mol. The number of carbonyl (C=O) groups is 2. The van der Waals surface area contributed by atoms with E-state index in [1.165, 1.54) is 13.4 Å². The van der Waals surface area contributed by atoms with Crippen LogP contribution in [0.5, 0.6) is 0 Å². The van der Waals surface area contributed by atoms with Gasteiger partial charge >= 0.3 is 12.0 Å². The van der Waals surface area contributed by atoms with Crippen molar-refractivity contribution in [3.05, 3.63) is 46.6 Å². The number of rotatable bonds is 9. The zero-order valence-corrected chi connectivity index (χ0v) is 16.8. The van der Waals surface area contributed by atoms with Gasteiger partial charge in [-0.15, -0.1) is 0 Å². The SMILES string of the molecule is CCOCCCN(Cc1nc(C(=O)OC)co1)C(=O)Nc1ccccc1Br. The third-order valence-electron chi connectivity index (χ3n) is 3.60. The van der Waals surface area contributed by atoms with Crippen LogP contribution in [0, 0.1) is 0 Å². The zero-order chi connectivity index (χ0) is 19.6. The summed E-state index contributed by atoms with van der Waals surface area (Å²) in [6, 6.07) is 7.01. The minimum absolute atomic E-state index is 0.0629. The molecular formula is C18H22BrN3O5. The Morgan fingerprint density at radius 2 is 2.11 bits per heavy atom. The molecule has 1 aromatic heterocycles. The van der Waals surface area contributed by atoms with E-state index in [4.69, 9.17) is 9.15 Å². The Morgan fingerprint density at radius 1 is 1.33 bits per heavy atom. The van der Waals surface area contributed by atoms with Crippen LogP contribution in [0.2, 0.25) is 0 Å². The maximum absolute atomic E-state index is 12.7. The monoisotopic (exact) mass is 439 g/mol. The number of nitrogens with one attached hydrogen (secondary N) is 1. The molecule has 0 fully saturated rings. The van der Waals surface area contributed by atoms with Gasteiger partial charge in [-0.2, -0.15) is 0 Å². The van der Waals surface area contributed by atoms with Crippen LogP contribution in [0.1, 0.15) is 29.7 Å². The van der Waals surface area contributed by atoms with Crippen molar-refractivity contribution < 1.29 is 23.5 Å². The summed E-state index contributed by atoms with van der Waals surface area (Å²) in [5, 5.41) is 2.85. The number of methoxy groups -OCH3 is 1. The van der Waals surface area contributed by atoms with Crippen molar-refractivity contribution in [2.75, 3.05) is 32.2 Å². The molecule has 0 aliphatic carbocycles. The molecule has 9 heteroatoms. The number of amides is 2. The topological polar surface area (TPSA) is 93.9 Å². The molecule has 0 aliphatic heterocycles. The lowest BCUT2D eigenvalue weighted by molar-refractivity contribution is 0.0594. The van der Waals surface area contributed by atoms with Crippen LogP contribution in [0.15, 0.2) is 39.4 Å². The molecule has 0 saturated heterocycles. The Morgan fingerprint density at radius 3 is 2.81 bits per heavy atom. The highest BCUT2D eigenvalue weighted by Gasteiger charge is 2.19. The fourth-order valence-corrected chi connectivity index (χ4v) is 2.64. The lowest BCUT2D eigenvalue weighted by atomic mass is 10.3. The number of nitrogens with zero attached hydrogens (tertiary/aromatic N) is 2. The summed E-state index contributed by atoms with van der Waals surface area (Å²) in [5.74, 6) is -0.348. The predicted octanol–water partition coefficient (Wildman–Crippen LogP) is 3.68. The number of ether oxygens (including phenoxy) is 2. The highest BCUT2D eigenvalue weighted by molar-refractivity contribution is 9.10. The van der Waals surface area contributed by atoms with Gasteiger partial charge in [0.1, 0.15) is 6.26 Å². The first-order valence-corrected chi connectivity index (χ1v) is 9.25. The maximum atomic E-state index is 12.7. The second kappa shape index (κ2) is 10.7. The number of anilines is 1. The third-order valence-corrected chi connectivity index (χ3v) is 4.29. The first-order chi connectivity index (χ1) is 13.0. The molecule has 8 nitrogen and oxygen atoms in total. The van der Waals surface area contributed by atoms with E-state index in [1.54, 1.807) is 11.0 Å². The van der Waals surface area contributed by atoms with Gasteiger partial charge in [0, 0.05) is 24.2 Å². The van der Waals surface area contributed by atoms with Crippen LogP contribution in [0.25, 0.3) is 0 Å². The number of hydrogen-bond acceptors (Lipinski definition) is 6. The van der Waals surface area contributed by atoms with Crippen molar-refractivity contribution in [3.63, 3.8) is 0 Å². The summed E-state index contributed by atoms with van der Waals surface area (Å²) in [7, 11) is 1.27. The molecule has 0 bridgehead atoms. The summed E-state index contributed by atoms with van der Waals surface area (Å²) >= 11 is 3.41. The highest BCUT2D eigenvalue weighted by atomic mass is 79.9. The largest absolute Gasteiger partial charge is 0.464 e. The Kier molecular flexibility index (Phi) is 8.28. The molecule has 1 N–H and O–H groups in total. The molecule has 1 aromatic carbocycles. The normalized spacial score (nSPS) is 10.5.